The Bertz CT molecular complexity index is 973. The van der Waals surface area contributed by atoms with Crippen LogP contribution in [0.15, 0.2) is 24.3 Å². The zero-order valence-electron chi connectivity index (χ0n) is 15.3. The fourth-order valence-corrected chi connectivity index (χ4v) is 3.04. The SMILES string of the molecule is Nc1nc(N)c2nc(-c3ccc(OCCN4CCOCC4)cc3)c(N)nc2n1. The van der Waals surface area contributed by atoms with Gasteiger partial charge >= 0.3 is 0 Å². The second-order valence-electron chi connectivity index (χ2n) is 6.42. The predicted octanol–water partition coefficient (Wildman–Crippen LogP) is 0.544. The van der Waals surface area contributed by atoms with Gasteiger partial charge in [0.05, 0.1) is 13.2 Å². The summed E-state index contributed by atoms with van der Waals surface area (Å²) in [5.41, 5.74) is 19.5. The second kappa shape index (κ2) is 7.79. The van der Waals surface area contributed by atoms with E-state index in [4.69, 9.17) is 26.7 Å². The van der Waals surface area contributed by atoms with E-state index in [9.17, 15) is 0 Å². The van der Waals surface area contributed by atoms with Crippen LogP contribution in [0.1, 0.15) is 0 Å². The fraction of sp³-hybridized carbons (Fsp3) is 0.333. The molecule has 0 unspecified atom stereocenters. The van der Waals surface area contributed by atoms with Gasteiger partial charge in [-0.25, -0.2) is 9.97 Å². The number of nitrogens with zero attached hydrogens (tertiary/aromatic N) is 5. The lowest BCUT2D eigenvalue weighted by molar-refractivity contribution is 0.0322. The van der Waals surface area contributed by atoms with E-state index >= 15 is 0 Å². The number of benzene rings is 1. The molecule has 1 aliphatic rings. The van der Waals surface area contributed by atoms with Crippen molar-refractivity contribution in [1.29, 1.82) is 0 Å². The van der Waals surface area contributed by atoms with Crippen LogP contribution < -0.4 is 21.9 Å². The van der Waals surface area contributed by atoms with Crippen molar-refractivity contribution < 1.29 is 9.47 Å². The molecule has 0 amide bonds. The Hall–Kier alpha value is -3.24. The summed E-state index contributed by atoms with van der Waals surface area (Å²) in [4.78, 5) is 19.0. The van der Waals surface area contributed by atoms with Crippen molar-refractivity contribution in [1.82, 2.24) is 24.8 Å². The largest absolute Gasteiger partial charge is 0.492 e. The first-order chi connectivity index (χ1) is 13.6. The highest BCUT2D eigenvalue weighted by atomic mass is 16.5. The molecule has 10 nitrogen and oxygen atoms in total. The van der Waals surface area contributed by atoms with Gasteiger partial charge in [0.2, 0.25) is 5.95 Å². The molecule has 0 radical (unpaired) electrons. The Balaban J connectivity index is 1.48. The minimum Gasteiger partial charge on any atom is -0.492 e. The summed E-state index contributed by atoms with van der Waals surface area (Å²) in [6, 6.07) is 7.51. The standard InChI is InChI=1S/C18H22N8O2/c19-15-13(22-14-16(20)24-18(21)25-17(14)23-15)11-1-3-12(4-2-11)28-10-7-26-5-8-27-9-6-26/h1-4H,5-10H2,(H6,19,20,21,23,24,25). The first-order valence-corrected chi connectivity index (χ1v) is 9.00. The molecule has 4 rings (SSSR count). The third-order valence-electron chi connectivity index (χ3n) is 4.51. The summed E-state index contributed by atoms with van der Waals surface area (Å²) in [6.45, 7) is 4.95. The Kier molecular flexibility index (Phi) is 5.04. The van der Waals surface area contributed by atoms with Gasteiger partial charge in [0.25, 0.3) is 0 Å². The van der Waals surface area contributed by atoms with Crippen molar-refractivity contribution in [2.45, 2.75) is 0 Å². The molecule has 0 saturated carbocycles. The van der Waals surface area contributed by atoms with E-state index in [0.29, 0.717) is 17.8 Å². The number of hydrogen-bond acceptors (Lipinski definition) is 10. The highest BCUT2D eigenvalue weighted by Crippen LogP contribution is 2.27. The van der Waals surface area contributed by atoms with Crippen LogP contribution in [0.5, 0.6) is 5.75 Å². The molecule has 6 N–H and O–H groups in total. The number of morpholine rings is 1. The molecule has 3 aromatic rings. The van der Waals surface area contributed by atoms with Gasteiger partial charge in [0.15, 0.2) is 22.8 Å². The van der Waals surface area contributed by atoms with Crippen LogP contribution in [0.25, 0.3) is 22.4 Å². The van der Waals surface area contributed by atoms with Crippen molar-refractivity contribution in [3.8, 4) is 17.0 Å². The molecule has 28 heavy (non-hydrogen) atoms. The van der Waals surface area contributed by atoms with E-state index in [2.05, 4.69) is 24.8 Å². The van der Waals surface area contributed by atoms with Gasteiger partial charge in [0.1, 0.15) is 18.1 Å². The smallest absolute Gasteiger partial charge is 0.224 e. The maximum atomic E-state index is 6.06. The third kappa shape index (κ3) is 3.87. The first-order valence-electron chi connectivity index (χ1n) is 9.00. The monoisotopic (exact) mass is 382 g/mol. The topological polar surface area (TPSA) is 151 Å². The number of nitrogens with two attached hydrogens (primary N) is 3. The average molecular weight is 382 g/mol. The van der Waals surface area contributed by atoms with Crippen molar-refractivity contribution in [3.05, 3.63) is 24.3 Å². The van der Waals surface area contributed by atoms with Crippen molar-refractivity contribution in [3.63, 3.8) is 0 Å². The molecule has 2 aromatic heterocycles. The number of ether oxygens (including phenoxy) is 2. The van der Waals surface area contributed by atoms with Gasteiger partial charge in [-0.2, -0.15) is 9.97 Å². The minimum atomic E-state index is 0.0324. The van der Waals surface area contributed by atoms with Gasteiger partial charge in [-0.1, -0.05) is 0 Å². The zero-order valence-corrected chi connectivity index (χ0v) is 15.3. The Labute approximate surface area is 161 Å². The number of aromatic nitrogens is 4. The summed E-state index contributed by atoms with van der Waals surface area (Å²) in [7, 11) is 0. The number of nitrogen functional groups attached to an aromatic ring is 3. The van der Waals surface area contributed by atoms with Crippen LogP contribution in [-0.2, 0) is 4.74 Å². The van der Waals surface area contributed by atoms with Crippen molar-refractivity contribution in [2.75, 3.05) is 56.7 Å². The lowest BCUT2D eigenvalue weighted by atomic mass is 10.1. The Morgan fingerprint density at radius 1 is 0.929 bits per heavy atom. The molecule has 1 aromatic carbocycles. The molecule has 0 atom stereocenters. The molecule has 1 fully saturated rings. The van der Waals surface area contributed by atoms with E-state index < -0.39 is 0 Å². The number of hydrogen-bond donors (Lipinski definition) is 3. The van der Waals surface area contributed by atoms with Gasteiger partial charge in [-0.15, -0.1) is 0 Å². The molecular formula is C18H22N8O2. The number of rotatable bonds is 5. The van der Waals surface area contributed by atoms with Crippen LogP contribution >= 0.6 is 0 Å². The molecule has 10 heteroatoms. The van der Waals surface area contributed by atoms with Crippen molar-refractivity contribution >= 4 is 28.7 Å². The summed E-state index contributed by atoms with van der Waals surface area (Å²) in [5.74, 6) is 1.22. The first kappa shape index (κ1) is 18.1. The quantitative estimate of drug-likeness (QED) is 0.570. The number of anilines is 3. The lowest BCUT2D eigenvalue weighted by Crippen LogP contribution is -2.38. The summed E-state index contributed by atoms with van der Waals surface area (Å²) < 4.78 is 11.2. The van der Waals surface area contributed by atoms with Crippen LogP contribution in [0, 0.1) is 0 Å². The maximum absolute atomic E-state index is 6.06. The van der Waals surface area contributed by atoms with E-state index in [-0.39, 0.29) is 23.2 Å². The normalized spacial score (nSPS) is 15.0. The van der Waals surface area contributed by atoms with Crippen molar-refractivity contribution in [2.24, 2.45) is 0 Å². The highest BCUT2D eigenvalue weighted by molar-refractivity contribution is 5.87. The van der Waals surface area contributed by atoms with Gasteiger partial charge in [0, 0.05) is 25.2 Å². The summed E-state index contributed by atoms with van der Waals surface area (Å²) in [5, 5.41) is 0. The summed E-state index contributed by atoms with van der Waals surface area (Å²) in [6.07, 6.45) is 0. The van der Waals surface area contributed by atoms with E-state index in [1.807, 2.05) is 24.3 Å². The van der Waals surface area contributed by atoms with Crippen LogP contribution in [0.4, 0.5) is 17.6 Å². The van der Waals surface area contributed by atoms with Gasteiger partial charge in [-0.05, 0) is 24.3 Å². The molecule has 0 aliphatic carbocycles. The van der Waals surface area contributed by atoms with E-state index in [0.717, 1.165) is 44.2 Å². The fourth-order valence-electron chi connectivity index (χ4n) is 3.04. The van der Waals surface area contributed by atoms with E-state index in [1.165, 1.54) is 0 Å². The van der Waals surface area contributed by atoms with Crippen LogP contribution in [0.3, 0.4) is 0 Å². The Morgan fingerprint density at radius 3 is 2.43 bits per heavy atom. The molecule has 1 aliphatic heterocycles. The highest BCUT2D eigenvalue weighted by Gasteiger charge is 2.13. The molecular weight excluding hydrogens is 360 g/mol. The van der Waals surface area contributed by atoms with Gasteiger partial charge < -0.3 is 26.7 Å². The zero-order chi connectivity index (χ0) is 19.5. The molecule has 1 saturated heterocycles. The van der Waals surface area contributed by atoms with Gasteiger partial charge in [-0.3, -0.25) is 4.90 Å². The van der Waals surface area contributed by atoms with E-state index in [1.54, 1.807) is 0 Å². The van der Waals surface area contributed by atoms with Crippen LogP contribution in [-0.4, -0.2) is 64.3 Å². The number of fused-ring (bicyclic) bond motifs is 1. The molecule has 0 bridgehead atoms. The minimum absolute atomic E-state index is 0.0324. The lowest BCUT2D eigenvalue weighted by Gasteiger charge is -2.26. The predicted molar refractivity (Wildman–Crippen MR) is 107 cm³/mol. The third-order valence-corrected chi connectivity index (χ3v) is 4.51. The second-order valence-corrected chi connectivity index (χ2v) is 6.42. The molecule has 146 valence electrons. The molecule has 0 spiro atoms. The Morgan fingerprint density at radius 2 is 1.68 bits per heavy atom. The summed E-state index contributed by atoms with van der Waals surface area (Å²) >= 11 is 0. The molecule has 3 heterocycles. The average Bonchev–Trinajstić information content (AvgIpc) is 2.69. The van der Waals surface area contributed by atoms with Crippen LogP contribution in [0.2, 0.25) is 0 Å². The maximum Gasteiger partial charge on any atom is 0.224 e.